The summed E-state index contributed by atoms with van der Waals surface area (Å²) < 4.78 is 27.9. The van der Waals surface area contributed by atoms with Crippen molar-refractivity contribution in [1.82, 2.24) is 14.5 Å². The molecule has 1 N–H and O–H groups in total. The van der Waals surface area contributed by atoms with Crippen LogP contribution in [-0.2, 0) is 10.0 Å². The number of fused-ring (bicyclic) bond motifs is 3. The number of benzene rings is 1. The van der Waals surface area contributed by atoms with E-state index >= 15 is 0 Å². The minimum Gasteiger partial charge on any atom is -0.302 e. The predicted molar refractivity (Wildman–Crippen MR) is 106 cm³/mol. The molecule has 1 aromatic rings. The van der Waals surface area contributed by atoms with Crippen LogP contribution in [0.2, 0.25) is 0 Å². The van der Waals surface area contributed by atoms with E-state index in [1.165, 1.54) is 6.42 Å². The van der Waals surface area contributed by atoms with E-state index in [1.54, 1.807) is 12.1 Å². The van der Waals surface area contributed by atoms with Gasteiger partial charge in [-0.05, 0) is 57.3 Å². The molecule has 3 fully saturated rings. The Kier molecular flexibility index (Phi) is 6.17. The first-order chi connectivity index (χ1) is 12.4. The number of hydrogen-bond acceptors (Lipinski definition) is 4. The summed E-state index contributed by atoms with van der Waals surface area (Å²) in [5.74, 6) is 1.37. The Morgan fingerprint density at radius 2 is 2.08 bits per heavy atom. The summed E-state index contributed by atoms with van der Waals surface area (Å²) in [6.45, 7) is 10.4. The van der Waals surface area contributed by atoms with Crippen LogP contribution in [0.3, 0.4) is 0 Å². The van der Waals surface area contributed by atoms with E-state index in [9.17, 15) is 8.42 Å². The Hall–Kier alpha value is -1.21. The summed E-state index contributed by atoms with van der Waals surface area (Å²) in [7, 11) is -1.28. The number of likely N-dealkylation sites (N-methyl/N-ethyl adjacent to an activating group) is 1. The van der Waals surface area contributed by atoms with E-state index in [4.69, 9.17) is 0 Å². The lowest BCUT2D eigenvalue weighted by Crippen LogP contribution is -2.58. The molecule has 1 aromatic carbocycles. The van der Waals surface area contributed by atoms with Crippen LogP contribution in [0.15, 0.2) is 41.8 Å². The van der Waals surface area contributed by atoms with E-state index < -0.39 is 10.0 Å². The molecule has 144 valence electrons. The fourth-order valence-corrected chi connectivity index (χ4v) is 5.44. The van der Waals surface area contributed by atoms with Crippen LogP contribution < -0.4 is 4.72 Å². The van der Waals surface area contributed by atoms with Gasteiger partial charge in [0.15, 0.2) is 0 Å². The predicted octanol–water partition coefficient (Wildman–Crippen LogP) is 2.10. The smallest absolute Gasteiger partial charge is 0.240 e. The maximum atomic E-state index is 12.5. The van der Waals surface area contributed by atoms with Gasteiger partial charge in [0, 0.05) is 32.2 Å². The fourth-order valence-electron chi connectivity index (χ4n) is 4.37. The summed E-state index contributed by atoms with van der Waals surface area (Å²) in [4.78, 5) is 5.15. The highest BCUT2D eigenvalue weighted by Crippen LogP contribution is 2.36. The second-order valence-electron chi connectivity index (χ2n) is 7.87. The molecular formula is C20H31N3O2S. The van der Waals surface area contributed by atoms with Crippen LogP contribution in [0.1, 0.15) is 18.4 Å². The zero-order valence-electron chi connectivity index (χ0n) is 15.9. The maximum Gasteiger partial charge on any atom is 0.240 e. The third-order valence-corrected chi connectivity index (χ3v) is 7.28. The molecule has 26 heavy (non-hydrogen) atoms. The molecule has 6 heteroatoms. The lowest BCUT2D eigenvalue weighted by molar-refractivity contribution is -0.00640. The molecular weight excluding hydrogens is 346 g/mol. The van der Waals surface area contributed by atoms with Gasteiger partial charge in [0.25, 0.3) is 0 Å². The van der Waals surface area contributed by atoms with Gasteiger partial charge in [-0.25, -0.2) is 13.1 Å². The lowest BCUT2D eigenvalue weighted by Gasteiger charge is -2.50. The summed E-state index contributed by atoms with van der Waals surface area (Å²) in [6, 6.07) is 7.35. The minimum absolute atomic E-state index is 0.315. The first-order valence-corrected chi connectivity index (χ1v) is 11.0. The quantitative estimate of drug-likeness (QED) is 0.705. The zero-order chi connectivity index (χ0) is 18.7. The highest BCUT2D eigenvalue weighted by molar-refractivity contribution is 7.89. The second kappa shape index (κ2) is 8.21. The van der Waals surface area contributed by atoms with Crippen LogP contribution in [0.25, 0.3) is 0 Å². The van der Waals surface area contributed by atoms with Gasteiger partial charge in [0.05, 0.1) is 4.90 Å². The molecule has 3 aliphatic heterocycles. The van der Waals surface area contributed by atoms with E-state index in [2.05, 4.69) is 28.1 Å². The first-order valence-electron chi connectivity index (χ1n) is 9.49. The Bertz CT molecular complexity index is 717. The van der Waals surface area contributed by atoms with Gasteiger partial charge in [-0.15, -0.1) is 6.58 Å². The van der Waals surface area contributed by atoms with Crippen molar-refractivity contribution in [3.63, 3.8) is 0 Å². The van der Waals surface area contributed by atoms with Crippen LogP contribution in [0.4, 0.5) is 0 Å². The average molecular weight is 378 g/mol. The summed E-state index contributed by atoms with van der Waals surface area (Å²) in [5.41, 5.74) is 1.06. The van der Waals surface area contributed by atoms with Crippen LogP contribution >= 0.6 is 0 Å². The van der Waals surface area contributed by atoms with Gasteiger partial charge < -0.3 is 4.90 Å². The highest BCUT2D eigenvalue weighted by atomic mass is 32.2. The zero-order valence-corrected chi connectivity index (χ0v) is 16.7. The number of sulfonamides is 1. The SMILES string of the molecule is C=CCN(C)CC1CN2CCC1CC2CNS(=O)(=O)c1ccc(C)cc1. The molecule has 3 saturated heterocycles. The van der Waals surface area contributed by atoms with Crippen LogP contribution in [0, 0.1) is 18.8 Å². The fraction of sp³-hybridized carbons (Fsp3) is 0.600. The minimum atomic E-state index is -3.43. The standard InChI is InChI=1S/C20H31N3O2S/c1-4-10-22(3)14-18-15-23-11-9-17(18)12-19(23)13-21-26(24,25)20-7-5-16(2)6-8-20/h4-8,17-19,21H,1,9-15H2,2-3H3. The Morgan fingerprint density at radius 1 is 1.35 bits per heavy atom. The van der Waals surface area contributed by atoms with Crippen molar-refractivity contribution < 1.29 is 8.42 Å². The third-order valence-electron chi connectivity index (χ3n) is 5.84. The molecule has 4 unspecified atom stereocenters. The van der Waals surface area contributed by atoms with E-state index in [0.29, 0.717) is 29.3 Å². The van der Waals surface area contributed by atoms with Gasteiger partial charge in [0.1, 0.15) is 0 Å². The maximum absolute atomic E-state index is 12.5. The van der Waals surface area contributed by atoms with Gasteiger partial charge in [-0.2, -0.15) is 0 Å². The number of piperidine rings is 3. The molecule has 0 spiro atoms. The number of nitrogens with one attached hydrogen (secondary N) is 1. The van der Waals surface area contributed by atoms with Crippen molar-refractivity contribution >= 4 is 10.0 Å². The molecule has 0 radical (unpaired) electrons. The van der Waals surface area contributed by atoms with Crippen molar-refractivity contribution in [2.75, 3.05) is 39.8 Å². The molecule has 3 aliphatic rings. The highest BCUT2D eigenvalue weighted by Gasteiger charge is 2.40. The molecule has 0 amide bonds. The third kappa shape index (κ3) is 4.55. The second-order valence-corrected chi connectivity index (χ2v) is 9.64. The summed E-state index contributed by atoms with van der Waals surface area (Å²) >= 11 is 0. The number of nitrogens with zero attached hydrogens (tertiary/aromatic N) is 2. The number of rotatable bonds is 8. The molecule has 4 rings (SSSR count). The number of hydrogen-bond donors (Lipinski definition) is 1. The van der Waals surface area contributed by atoms with E-state index in [1.807, 2.05) is 25.1 Å². The van der Waals surface area contributed by atoms with Crippen LogP contribution in [-0.4, -0.2) is 64.0 Å². The van der Waals surface area contributed by atoms with Gasteiger partial charge in [-0.3, -0.25) is 4.90 Å². The molecule has 3 heterocycles. The van der Waals surface area contributed by atoms with E-state index in [-0.39, 0.29) is 0 Å². The molecule has 2 bridgehead atoms. The van der Waals surface area contributed by atoms with Gasteiger partial charge in [-0.1, -0.05) is 23.8 Å². The summed E-state index contributed by atoms with van der Waals surface area (Å²) in [5, 5.41) is 0. The first kappa shape index (κ1) is 19.5. The van der Waals surface area contributed by atoms with Crippen molar-refractivity contribution in [3.05, 3.63) is 42.5 Å². The van der Waals surface area contributed by atoms with Crippen molar-refractivity contribution in [3.8, 4) is 0 Å². The summed E-state index contributed by atoms with van der Waals surface area (Å²) in [6.07, 6.45) is 4.26. The Balaban J connectivity index is 1.56. The largest absolute Gasteiger partial charge is 0.302 e. The van der Waals surface area contributed by atoms with E-state index in [0.717, 1.165) is 38.2 Å². The van der Waals surface area contributed by atoms with Crippen LogP contribution in [0.5, 0.6) is 0 Å². The normalized spacial score (nSPS) is 28.4. The molecule has 0 saturated carbocycles. The Labute approximate surface area is 158 Å². The topological polar surface area (TPSA) is 52.6 Å². The lowest BCUT2D eigenvalue weighted by atomic mass is 9.75. The molecule has 5 nitrogen and oxygen atoms in total. The van der Waals surface area contributed by atoms with Crippen molar-refractivity contribution in [2.24, 2.45) is 11.8 Å². The monoisotopic (exact) mass is 377 g/mol. The molecule has 0 aliphatic carbocycles. The number of aryl methyl sites for hydroxylation is 1. The molecule has 4 atom stereocenters. The van der Waals surface area contributed by atoms with Crippen molar-refractivity contribution in [1.29, 1.82) is 0 Å². The van der Waals surface area contributed by atoms with Gasteiger partial charge >= 0.3 is 0 Å². The Morgan fingerprint density at radius 3 is 2.69 bits per heavy atom. The van der Waals surface area contributed by atoms with Gasteiger partial charge in [0.2, 0.25) is 10.0 Å². The average Bonchev–Trinajstić information content (AvgIpc) is 2.61. The van der Waals surface area contributed by atoms with Crippen molar-refractivity contribution in [2.45, 2.75) is 30.7 Å². The molecule has 0 aromatic heterocycles.